The summed E-state index contributed by atoms with van der Waals surface area (Å²) >= 11 is 0. The zero-order valence-electron chi connectivity index (χ0n) is 8.08. The molecule has 0 fully saturated rings. The molecular weight excluding hydrogens is 180 g/mol. The molecule has 0 aromatic heterocycles. The van der Waals surface area contributed by atoms with Crippen LogP contribution in [-0.2, 0) is 11.3 Å². The number of amides is 1. The second kappa shape index (κ2) is 5.24. The summed E-state index contributed by atoms with van der Waals surface area (Å²) in [5, 5.41) is 14.6. The van der Waals surface area contributed by atoms with Crippen LogP contribution in [0.1, 0.15) is 5.56 Å². The first-order valence-corrected chi connectivity index (χ1v) is 4.41. The molecule has 1 aromatic carbocycles. The molecule has 76 valence electrons. The molecule has 0 aliphatic carbocycles. The van der Waals surface area contributed by atoms with Gasteiger partial charge in [0, 0.05) is 6.54 Å². The number of carbonyl (C=O) groups excluding carboxylic acids is 1. The first-order chi connectivity index (χ1) is 6.72. The molecule has 1 aromatic rings. The molecule has 0 heterocycles. The molecule has 0 bridgehead atoms. The number of hydrogen-bond donors (Lipinski definition) is 3. The van der Waals surface area contributed by atoms with Crippen molar-refractivity contribution in [1.29, 1.82) is 0 Å². The zero-order valence-corrected chi connectivity index (χ0v) is 8.08. The minimum Gasteiger partial charge on any atom is -0.508 e. The van der Waals surface area contributed by atoms with Gasteiger partial charge in [-0.15, -0.1) is 0 Å². The van der Waals surface area contributed by atoms with Crippen molar-refractivity contribution in [3.05, 3.63) is 29.8 Å². The zero-order chi connectivity index (χ0) is 10.4. The van der Waals surface area contributed by atoms with E-state index in [9.17, 15) is 4.79 Å². The van der Waals surface area contributed by atoms with Gasteiger partial charge >= 0.3 is 0 Å². The smallest absolute Gasteiger partial charge is 0.234 e. The monoisotopic (exact) mass is 194 g/mol. The average molecular weight is 194 g/mol. The van der Waals surface area contributed by atoms with Crippen LogP contribution in [0.5, 0.6) is 5.75 Å². The van der Waals surface area contributed by atoms with Crippen LogP contribution in [0.15, 0.2) is 24.3 Å². The fourth-order valence-corrected chi connectivity index (χ4v) is 1.09. The molecule has 4 heteroatoms. The third-order valence-corrected chi connectivity index (χ3v) is 1.74. The molecule has 0 radical (unpaired) electrons. The third kappa shape index (κ3) is 3.45. The Balaban J connectivity index is 2.41. The summed E-state index contributed by atoms with van der Waals surface area (Å²) in [6.45, 7) is 0.744. The largest absolute Gasteiger partial charge is 0.508 e. The van der Waals surface area contributed by atoms with Crippen molar-refractivity contribution in [2.24, 2.45) is 0 Å². The highest BCUT2D eigenvalue weighted by Crippen LogP contribution is 2.10. The van der Waals surface area contributed by atoms with Gasteiger partial charge in [-0.1, -0.05) is 12.1 Å². The Hall–Kier alpha value is -1.55. The molecule has 0 atom stereocenters. The fourth-order valence-electron chi connectivity index (χ4n) is 1.09. The topological polar surface area (TPSA) is 61.4 Å². The highest BCUT2D eigenvalue weighted by Gasteiger charge is 1.99. The summed E-state index contributed by atoms with van der Waals surface area (Å²) in [4.78, 5) is 11.1. The van der Waals surface area contributed by atoms with Gasteiger partial charge in [0.05, 0.1) is 6.54 Å². The lowest BCUT2D eigenvalue weighted by molar-refractivity contribution is -0.120. The summed E-state index contributed by atoms with van der Waals surface area (Å²) < 4.78 is 0. The van der Waals surface area contributed by atoms with Crippen LogP contribution in [-0.4, -0.2) is 24.6 Å². The number of phenols is 1. The van der Waals surface area contributed by atoms with E-state index in [1.54, 1.807) is 25.2 Å². The lowest BCUT2D eigenvalue weighted by atomic mass is 10.2. The van der Waals surface area contributed by atoms with Gasteiger partial charge in [0.1, 0.15) is 5.75 Å². The van der Waals surface area contributed by atoms with Crippen LogP contribution >= 0.6 is 0 Å². The highest BCUT2D eigenvalue weighted by atomic mass is 16.3. The Morgan fingerprint density at radius 3 is 2.93 bits per heavy atom. The molecule has 3 N–H and O–H groups in total. The predicted molar refractivity (Wildman–Crippen MR) is 53.9 cm³/mol. The number of likely N-dealkylation sites (N-methyl/N-ethyl adjacent to an activating group) is 1. The van der Waals surface area contributed by atoms with Crippen LogP contribution in [0.4, 0.5) is 0 Å². The number of phenolic OH excluding ortho intramolecular Hbond substituents is 1. The lowest BCUT2D eigenvalue weighted by Crippen LogP contribution is -2.31. The van der Waals surface area contributed by atoms with Gasteiger partial charge in [0.25, 0.3) is 0 Å². The summed E-state index contributed by atoms with van der Waals surface area (Å²) in [5.74, 6) is 0.154. The Morgan fingerprint density at radius 2 is 2.29 bits per heavy atom. The fraction of sp³-hybridized carbons (Fsp3) is 0.300. The van der Waals surface area contributed by atoms with Crippen molar-refractivity contribution in [2.45, 2.75) is 6.54 Å². The van der Waals surface area contributed by atoms with Crippen molar-refractivity contribution in [3.8, 4) is 5.75 Å². The van der Waals surface area contributed by atoms with Gasteiger partial charge in [-0.05, 0) is 24.7 Å². The maximum absolute atomic E-state index is 11.1. The van der Waals surface area contributed by atoms with E-state index >= 15 is 0 Å². The minimum atomic E-state index is -0.0594. The maximum Gasteiger partial charge on any atom is 0.234 e. The van der Waals surface area contributed by atoms with Gasteiger partial charge in [-0.2, -0.15) is 0 Å². The van der Waals surface area contributed by atoms with E-state index in [0.29, 0.717) is 13.1 Å². The van der Waals surface area contributed by atoms with E-state index in [2.05, 4.69) is 10.6 Å². The Labute approximate surface area is 82.9 Å². The molecule has 14 heavy (non-hydrogen) atoms. The summed E-state index contributed by atoms with van der Waals surface area (Å²) in [7, 11) is 1.72. The van der Waals surface area contributed by atoms with Crippen molar-refractivity contribution >= 4 is 5.91 Å². The Kier molecular flexibility index (Phi) is 3.94. The molecule has 0 saturated heterocycles. The van der Waals surface area contributed by atoms with Crippen LogP contribution < -0.4 is 10.6 Å². The number of aromatic hydroxyl groups is 1. The molecule has 0 saturated carbocycles. The first kappa shape index (κ1) is 10.5. The SMILES string of the molecule is CNCC(=O)NCc1cccc(O)c1. The van der Waals surface area contributed by atoms with E-state index in [-0.39, 0.29) is 11.7 Å². The van der Waals surface area contributed by atoms with E-state index in [4.69, 9.17) is 5.11 Å². The van der Waals surface area contributed by atoms with E-state index in [0.717, 1.165) is 5.56 Å². The van der Waals surface area contributed by atoms with Crippen molar-refractivity contribution in [3.63, 3.8) is 0 Å². The summed E-state index contributed by atoms with van der Waals surface area (Å²) in [6.07, 6.45) is 0. The molecular formula is C10H14N2O2. The summed E-state index contributed by atoms with van der Waals surface area (Å²) in [6, 6.07) is 6.81. The number of rotatable bonds is 4. The van der Waals surface area contributed by atoms with Crippen molar-refractivity contribution < 1.29 is 9.90 Å². The number of nitrogens with one attached hydrogen (secondary N) is 2. The molecule has 4 nitrogen and oxygen atoms in total. The number of hydrogen-bond acceptors (Lipinski definition) is 3. The van der Waals surface area contributed by atoms with Gasteiger partial charge < -0.3 is 15.7 Å². The van der Waals surface area contributed by atoms with E-state index in [1.807, 2.05) is 6.07 Å². The van der Waals surface area contributed by atoms with E-state index < -0.39 is 0 Å². The maximum atomic E-state index is 11.1. The third-order valence-electron chi connectivity index (χ3n) is 1.74. The van der Waals surface area contributed by atoms with E-state index in [1.165, 1.54) is 0 Å². The summed E-state index contributed by atoms with van der Waals surface area (Å²) in [5.41, 5.74) is 0.884. The van der Waals surface area contributed by atoms with Gasteiger partial charge in [-0.3, -0.25) is 4.79 Å². The lowest BCUT2D eigenvalue weighted by Gasteiger charge is -2.04. The van der Waals surface area contributed by atoms with Gasteiger partial charge in [-0.25, -0.2) is 0 Å². The average Bonchev–Trinajstić information content (AvgIpc) is 2.15. The second-order valence-electron chi connectivity index (χ2n) is 2.98. The number of carbonyl (C=O) groups is 1. The molecule has 0 aliphatic rings. The Morgan fingerprint density at radius 1 is 1.50 bits per heavy atom. The molecule has 0 spiro atoms. The first-order valence-electron chi connectivity index (χ1n) is 4.41. The number of benzene rings is 1. The Bertz CT molecular complexity index is 313. The highest BCUT2D eigenvalue weighted by molar-refractivity contribution is 5.77. The van der Waals surface area contributed by atoms with Gasteiger partial charge in [0.15, 0.2) is 0 Å². The van der Waals surface area contributed by atoms with Crippen molar-refractivity contribution in [2.75, 3.05) is 13.6 Å². The van der Waals surface area contributed by atoms with Crippen LogP contribution in [0.25, 0.3) is 0 Å². The van der Waals surface area contributed by atoms with Gasteiger partial charge in [0.2, 0.25) is 5.91 Å². The quantitative estimate of drug-likeness (QED) is 0.643. The molecule has 1 rings (SSSR count). The standard InChI is InChI=1S/C10H14N2O2/c1-11-7-10(14)12-6-8-3-2-4-9(13)5-8/h2-5,11,13H,6-7H2,1H3,(H,12,14). The predicted octanol–water partition coefficient (Wildman–Crippen LogP) is 0.228. The second-order valence-corrected chi connectivity index (χ2v) is 2.98. The van der Waals surface area contributed by atoms with Crippen LogP contribution in [0.3, 0.4) is 0 Å². The molecule has 0 unspecified atom stereocenters. The molecule has 0 aliphatic heterocycles. The minimum absolute atomic E-state index is 0.0594. The van der Waals surface area contributed by atoms with Crippen molar-refractivity contribution in [1.82, 2.24) is 10.6 Å². The van der Waals surface area contributed by atoms with Crippen LogP contribution in [0, 0.1) is 0 Å². The normalized spacial score (nSPS) is 9.79. The molecule has 1 amide bonds. The van der Waals surface area contributed by atoms with Crippen LogP contribution in [0.2, 0.25) is 0 Å².